The number of Topliss-reactive ketones (excluding diaryl/α,β-unsaturated/α-hetero) is 1. The van der Waals surface area contributed by atoms with Gasteiger partial charge in [0.2, 0.25) is 5.75 Å². The van der Waals surface area contributed by atoms with Crippen LogP contribution < -0.4 is 24.8 Å². The van der Waals surface area contributed by atoms with Crippen LogP contribution in [0, 0.1) is 0 Å². The first-order chi connectivity index (χ1) is 13.9. The lowest BCUT2D eigenvalue weighted by Crippen LogP contribution is -2.13. The number of hydrogen-bond acceptors (Lipinski definition) is 6. The minimum Gasteiger partial charge on any atom is -0.493 e. The Kier molecular flexibility index (Phi) is 7.53. The number of methoxy groups -OCH3 is 3. The second-order valence-corrected chi connectivity index (χ2v) is 6.88. The Hall–Kier alpha value is -3.15. The molecule has 156 valence electrons. The van der Waals surface area contributed by atoms with Crippen molar-refractivity contribution in [2.75, 3.05) is 46.1 Å². The molecule has 0 saturated carbocycles. The van der Waals surface area contributed by atoms with Crippen LogP contribution in [-0.4, -0.2) is 41.2 Å². The average molecular weight is 399 g/mol. The Morgan fingerprint density at radius 2 is 1.66 bits per heavy atom. The summed E-state index contributed by atoms with van der Waals surface area (Å²) in [5, 5.41) is 0. The molecule has 0 spiro atoms. The summed E-state index contributed by atoms with van der Waals surface area (Å²) < 4.78 is 16.2. The number of rotatable bonds is 9. The summed E-state index contributed by atoms with van der Waals surface area (Å²) in [6, 6.07) is 9.03. The number of benzene rings is 2. The lowest BCUT2D eigenvalue weighted by atomic mass is 9.96. The number of hydrogen-bond donors (Lipinski definition) is 1. The van der Waals surface area contributed by atoms with E-state index in [9.17, 15) is 4.79 Å². The van der Waals surface area contributed by atoms with Gasteiger partial charge in [-0.3, -0.25) is 4.79 Å². The quantitative estimate of drug-likeness (QED) is 0.383. The van der Waals surface area contributed by atoms with Crippen molar-refractivity contribution >= 4 is 23.2 Å². The van der Waals surface area contributed by atoms with Gasteiger partial charge in [-0.25, -0.2) is 0 Å². The van der Waals surface area contributed by atoms with Crippen molar-refractivity contribution in [2.24, 2.45) is 0 Å². The van der Waals surface area contributed by atoms with Gasteiger partial charge >= 0.3 is 0 Å². The van der Waals surface area contributed by atoms with E-state index >= 15 is 0 Å². The number of anilines is 2. The number of allylic oxidation sites excluding steroid dienone is 1. The van der Waals surface area contributed by atoms with Gasteiger partial charge in [0.15, 0.2) is 17.3 Å². The third-order valence-electron chi connectivity index (χ3n) is 4.61. The summed E-state index contributed by atoms with van der Waals surface area (Å²) in [5.74, 6) is 1.58. The highest BCUT2D eigenvalue weighted by molar-refractivity contribution is 6.12. The predicted molar refractivity (Wildman–Crippen MR) is 118 cm³/mol. The maximum atomic E-state index is 13.2. The van der Waals surface area contributed by atoms with Gasteiger partial charge in [-0.15, -0.1) is 0 Å². The lowest BCUT2D eigenvalue weighted by molar-refractivity contribution is 0.103. The molecule has 6 heteroatoms. The highest BCUT2D eigenvalue weighted by atomic mass is 16.5. The molecule has 0 aliphatic heterocycles. The Bertz CT molecular complexity index is 879. The van der Waals surface area contributed by atoms with Crippen molar-refractivity contribution in [1.82, 2.24) is 0 Å². The molecule has 2 aromatic carbocycles. The molecule has 2 N–H and O–H groups in total. The summed E-state index contributed by atoms with van der Waals surface area (Å²) in [5.41, 5.74) is 9.60. The molecular formula is C23H30N2O4. The average Bonchev–Trinajstić information content (AvgIpc) is 2.72. The van der Waals surface area contributed by atoms with Gasteiger partial charge < -0.3 is 24.8 Å². The van der Waals surface area contributed by atoms with Gasteiger partial charge in [0, 0.05) is 25.2 Å². The Labute approximate surface area is 172 Å². The molecule has 0 saturated heterocycles. The molecule has 0 radical (unpaired) electrons. The van der Waals surface area contributed by atoms with Crippen molar-refractivity contribution in [3.8, 4) is 17.2 Å². The van der Waals surface area contributed by atoms with E-state index in [-0.39, 0.29) is 5.78 Å². The van der Waals surface area contributed by atoms with Crippen LogP contribution in [-0.2, 0) is 0 Å². The summed E-state index contributed by atoms with van der Waals surface area (Å²) in [6.45, 7) is 2.05. The molecule has 0 aliphatic rings. The third kappa shape index (κ3) is 5.02. The molecule has 2 rings (SSSR count). The first-order valence-electron chi connectivity index (χ1n) is 9.48. The fourth-order valence-electron chi connectivity index (χ4n) is 3.16. The van der Waals surface area contributed by atoms with Crippen molar-refractivity contribution in [3.63, 3.8) is 0 Å². The van der Waals surface area contributed by atoms with Crippen LogP contribution in [0.3, 0.4) is 0 Å². The van der Waals surface area contributed by atoms with Crippen LogP contribution in [0.4, 0.5) is 11.4 Å². The van der Waals surface area contributed by atoms with E-state index < -0.39 is 0 Å². The zero-order valence-corrected chi connectivity index (χ0v) is 18.0. The highest BCUT2D eigenvalue weighted by Gasteiger charge is 2.17. The zero-order chi connectivity index (χ0) is 21.6. The molecule has 0 fully saturated rings. The Morgan fingerprint density at radius 3 is 2.14 bits per heavy atom. The standard InChI is InChI=1S/C23H30N2O4/c1-7-8-16(22(26)17-9-10-18(24)19(14-17)25(2)3)11-15-12-20(27-4)23(29-6)21(13-15)28-5/h9-14H,7-8,24H2,1-6H3. The Morgan fingerprint density at radius 1 is 1.03 bits per heavy atom. The number of ether oxygens (including phenoxy) is 3. The zero-order valence-electron chi connectivity index (χ0n) is 18.0. The summed E-state index contributed by atoms with van der Waals surface area (Å²) in [7, 11) is 8.50. The number of carbonyl (C=O) groups excluding carboxylic acids is 1. The molecule has 0 aliphatic carbocycles. The molecule has 0 atom stereocenters. The van der Waals surface area contributed by atoms with E-state index in [0.717, 1.165) is 17.7 Å². The molecule has 0 heterocycles. The van der Waals surface area contributed by atoms with Gasteiger partial charge in [-0.1, -0.05) is 13.3 Å². The maximum Gasteiger partial charge on any atom is 0.203 e. The summed E-state index contributed by atoms with van der Waals surface area (Å²) in [6.07, 6.45) is 3.37. The topological polar surface area (TPSA) is 74.0 Å². The smallest absolute Gasteiger partial charge is 0.203 e. The summed E-state index contributed by atoms with van der Waals surface area (Å²) in [4.78, 5) is 15.1. The molecule has 6 nitrogen and oxygen atoms in total. The van der Waals surface area contributed by atoms with Gasteiger partial charge in [-0.05, 0) is 48.4 Å². The highest BCUT2D eigenvalue weighted by Crippen LogP contribution is 2.39. The monoisotopic (exact) mass is 398 g/mol. The van der Waals surface area contributed by atoms with Crippen molar-refractivity contribution in [2.45, 2.75) is 19.8 Å². The van der Waals surface area contributed by atoms with E-state index in [0.29, 0.717) is 40.5 Å². The van der Waals surface area contributed by atoms with Crippen LogP contribution in [0.2, 0.25) is 0 Å². The summed E-state index contributed by atoms with van der Waals surface area (Å²) >= 11 is 0. The fraction of sp³-hybridized carbons (Fsp3) is 0.348. The normalized spacial score (nSPS) is 11.2. The van der Waals surface area contributed by atoms with Crippen molar-refractivity contribution < 1.29 is 19.0 Å². The van der Waals surface area contributed by atoms with E-state index in [1.165, 1.54) is 0 Å². The van der Waals surface area contributed by atoms with E-state index in [4.69, 9.17) is 19.9 Å². The molecule has 0 aromatic heterocycles. The number of ketones is 1. The van der Waals surface area contributed by atoms with Crippen LogP contribution >= 0.6 is 0 Å². The largest absolute Gasteiger partial charge is 0.493 e. The SMILES string of the molecule is CCCC(=Cc1cc(OC)c(OC)c(OC)c1)C(=O)c1ccc(N)c(N(C)C)c1. The third-order valence-corrected chi connectivity index (χ3v) is 4.61. The minimum atomic E-state index is -0.0244. The molecule has 2 aromatic rings. The molecular weight excluding hydrogens is 368 g/mol. The van der Waals surface area contributed by atoms with Crippen LogP contribution in [0.1, 0.15) is 35.7 Å². The van der Waals surface area contributed by atoms with Crippen molar-refractivity contribution in [3.05, 3.63) is 47.0 Å². The maximum absolute atomic E-state index is 13.2. The molecule has 0 amide bonds. The van der Waals surface area contributed by atoms with E-state index in [2.05, 4.69) is 0 Å². The minimum absolute atomic E-state index is 0.0244. The van der Waals surface area contributed by atoms with Gasteiger partial charge in [0.05, 0.1) is 32.7 Å². The van der Waals surface area contributed by atoms with Gasteiger partial charge in [0.1, 0.15) is 0 Å². The van der Waals surface area contributed by atoms with Gasteiger partial charge in [0.25, 0.3) is 0 Å². The van der Waals surface area contributed by atoms with Gasteiger partial charge in [-0.2, -0.15) is 0 Å². The number of carbonyl (C=O) groups is 1. The first-order valence-corrected chi connectivity index (χ1v) is 9.48. The Balaban J connectivity index is 2.52. The second-order valence-electron chi connectivity index (χ2n) is 6.88. The van der Waals surface area contributed by atoms with Crippen LogP contribution in [0.25, 0.3) is 6.08 Å². The van der Waals surface area contributed by atoms with Crippen LogP contribution in [0.5, 0.6) is 17.2 Å². The molecule has 0 unspecified atom stereocenters. The molecule has 0 bridgehead atoms. The number of nitrogens with two attached hydrogens (primary N) is 1. The lowest BCUT2D eigenvalue weighted by Gasteiger charge is -2.17. The van der Waals surface area contributed by atoms with Crippen molar-refractivity contribution in [1.29, 1.82) is 0 Å². The van der Waals surface area contributed by atoms with E-state index in [1.54, 1.807) is 33.5 Å². The molecule has 29 heavy (non-hydrogen) atoms. The number of nitrogen functional groups attached to an aromatic ring is 1. The van der Waals surface area contributed by atoms with Crippen LogP contribution in [0.15, 0.2) is 35.9 Å². The fourth-order valence-corrected chi connectivity index (χ4v) is 3.16. The number of nitrogens with zero attached hydrogens (tertiary/aromatic N) is 1. The van der Waals surface area contributed by atoms with E-state index in [1.807, 2.05) is 50.2 Å². The predicted octanol–water partition coefficient (Wildman–Crippen LogP) is 4.43. The second kappa shape index (κ2) is 9.87. The first kappa shape index (κ1) is 22.1.